The zero-order chi connectivity index (χ0) is 25.8. The fourth-order valence-corrected chi connectivity index (χ4v) is 6.68. The minimum absolute atomic E-state index is 0.0759. The van der Waals surface area contributed by atoms with Gasteiger partial charge in [-0.15, -0.1) is 0 Å². The molecule has 182 valence electrons. The minimum atomic E-state index is -0.416. The molecule has 5 aromatic rings. The van der Waals surface area contributed by atoms with E-state index in [2.05, 4.69) is 168 Å². The fourth-order valence-electron chi connectivity index (χ4n) is 5.84. The maximum atomic E-state index is 3.86. The second-order valence-corrected chi connectivity index (χ2v) is 12.6. The van der Waals surface area contributed by atoms with Crippen LogP contribution in [-0.4, -0.2) is 0 Å². The normalized spacial score (nSPS) is 13.8. The first kappa shape index (κ1) is 24.4. The largest absolute Gasteiger partial charge is 0.0714 e. The molecule has 0 nitrogen and oxygen atoms in total. The summed E-state index contributed by atoms with van der Waals surface area (Å²) in [4.78, 5) is 0. The van der Waals surface area contributed by atoms with Crippen molar-refractivity contribution in [2.24, 2.45) is 0 Å². The van der Waals surface area contributed by atoms with Gasteiger partial charge in [-0.3, -0.25) is 0 Å². The van der Waals surface area contributed by atoms with Gasteiger partial charge in [0.2, 0.25) is 0 Å². The predicted octanol–water partition coefficient (Wildman–Crippen LogP) is 10.5. The zero-order valence-electron chi connectivity index (χ0n) is 21.2. The van der Waals surface area contributed by atoms with Crippen LogP contribution in [0.2, 0.25) is 0 Å². The van der Waals surface area contributed by atoms with E-state index in [9.17, 15) is 0 Å². The topological polar surface area (TPSA) is 0 Å². The van der Waals surface area contributed by atoms with Gasteiger partial charge in [0, 0.05) is 8.95 Å². The Morgan fingerprint density at radius 1 is 0.541 bits per heavy atom. The van der Waals surface area contributed by atoms with Crippen LogP contribution in [0.1, 0.15) is 48.6 Å². The summed E-state index contributed by atoms with van der Waals surface area (Å²) in [6.45, 7) is 6.81. The first-order valence-electron chi connectivity index (χ1n) is 12.7. The Morgan fingerprint density at radius 2 is 1.11 bits per heavy atom. The molecule has 1 aliphatic carbocycles. The quantitative estimate of drug-likeness (QED) is 0.188. The summed E-state index contributed by atoms with van der Waals surface area (Å²) in [7, 11) is 0. The van der Waals surface area contributed by atoms with Crippen LogP contribution >= 0.6 is 31.9 Å². The highest BCUT2D eigenvalue weighted by Gasteiger charge is 2.46. The number of rotatable bonds is 3. The molecular weight excluding hydrogens is 580 g/mol. The standard InChI is InChI=1S/C35H28Br2/c1-34(2,3)26-15-19-33(37)30(21-26)23-14-17-28-29-18-16-27(36)22-32(29)35(31(28)20-23,24-10-6-4-7-11-24)25-12-8-5-9-13-25/h4-22H,1-3H3. The van der Waals surface area contributed by atoms with Crippen LogP contribution in [0.5, 0.6) is 0 Å². The third-order valence-electron chi connectivity index (χ3n) is 7.66. The highest BCUT2D eigenvalue weighted by Crippen LogP contribution is 2.57. The first-order chi connectivity index (χ1) is 17.8. The van der Waals surface area contributed by atoms with Gasteiger partial charge in [0.15, 0.2) is 0 Å². The maximum Gasteiger partial charge on any atom is 0.0714 e. The Morgan fingerprint density at radius 3 is 1.70 bits per heavy atom. The summed E-state index contributed by atoms with van der Waals surface area (Å²) in [5, 5.41) is 0. The van der Waals surface area contributed by atoms with Gasteiger partial charge in [-0.2, -0.15) is 0 Å². The van der Waals surface area contributed by atoms with Crippen LogP contribution in [0.25, 0.3) is 22.3 Å². The molecule has 0 unspecified atom stereocenters. The summed E-state index contributed by atoms with van der Waals surface area (Å²) >= 11 is 7.65. The van der Waals surface area contributed by atoms with Crippen LogP contribution in [0.4, 0.5) is 0 Å². The zero-order valence-corrected chi connectivity index (χ0v) is 24.4. The molecule has 0 saturated carbocycles. The van der Waals surface area contributed by atoms with E-state index in [4.69, 9.17) is 0 Å². The SMILES string of the molecule is CC(C)(C)c1ccc(Br)c(-c2ccc3c(c2)C(c2ccccc2)(c2ccccc2)c2cc(Br)ccc2-3)c1. The molecule has 0 bridgehead atoms. The summed E-state index contributed by atoms with van der Waals surface area (Å²) in [6.07, 6.45) is 0. The lowest BCUT2D eigenvalue weighted by molar-refractivity contribution is 0.590. The molecule has 0 atom stereocenters. The number of benzene rings is 5. The van der Waals surface area contributed by atoms with Crippen LogP contribution in [0.3, 0.4) is 0 Å². The van der Waals surface area contributed by atoms with Gasteiger partial charge in [0.25, 0.3) is 0 Å². The van der Waals surface area contributed by atoms with E-state index in [1.165, 1.54) is 50.1 Å². The Bertz CT molecular complexity index is 1570. The average Bonchev–Trinajstić information content (AvgIpc) is 3.18. The summed E-state index contributed by atoms with van der Waals surface area (Å²) in [6, 6.07) is 42.4. The lowest BCUT2D eigenvalue weighted by Crippen LogP contribution is -2.28. The highest BCUT2D eigenvalue weighted by molar-refractivity contribution is 9.10. The molecule has 1 aliphatic rings. The molecule has 0 spiro atoms. The van der Waals surface area contributed by atoms with Crippen molar-refractivity contribution in [1.29, 1.82) is 0 Å². The van der Waals surface area contributed by atoms with E-state index >= 15 is 0 Å². The van der Waals surface area contributed by atoms with E-state index in [0.29, 0.717) is 0 Å². The Balaban J connectivity index is 1.70. The summed E-state index contributed by atoms with van der Waals surface area (Å²) in [5.74, 6) is 0. The second kappa shape index (κ2) is 9.11. The Labute approximate surface area is 236 Å². The van der Waals surface area contributed by atoms with Crippen molar-refractivity contribution in [2.75, 3.05) is 0 Å². The van der Waals surface area contributed by atoms with Crippen LogP contribution < -0.4 is 0 Å². The van der Waals surface area contributed by atoms with Crippen molar-refractivity contribution in [3.8, 4) is 22.3 Å². The Hall–Kier alpha value is -2.94. The molecule has 37 heavy (non-hydrogen) atoms. The second-order valence-electron chi connectivity index (χ2n) is 10.9. The van der Waals surface area contributed by atoms with Crippen LogP contribution in [0.15, 0.2) is 124 Å². The van der Waals surface area contributed by atoms with E-state index < -0.39 is 5.41 Å². The average molecular weight is 608 g/mol. The molecule has 0 heterocycles. The van der Waals surface area contributed by atoms with Gasteiger partial charge < -0.3 is 0 Å². The van der Waals surface area contributed by atoms with Gasteiger partial charge in [-0.05, 0) is 85.8 Å². The number of hydrogen-bond donors (Lipinski definition) is 0. The smallest absolute Gasteiger partial charge is 0.0622 e. The fraction of sp³-hybridized carbons (Fsp3) is 0.143. The molecule has 0 amide bonds. The highest BCUT2D eigenvalue weighted by atomic mass is 79.9. The van der Waals surface area contributed by atoms with Gasteiger partial charge in [-0.25, -0.2) is 0 Å². The van der Waals surface area contributed by atoms with Crippen molar-refractivity contribution >= 4 is 31.9 Å². The molecule has 0 fully saturated rings. The molecule has 6 rings (SSSR count). The lowest BCUT2D eigenvalue weighted by atomic mass is 9.67. The summed E-state index contributed by atoms with van der Waals surface area (Å²) < 4.78 is 2.21. The van der Waals surface area contributed by atoms with E-state index in [1.54, 1.807) is 0 Å². The monoisotopic (exact) mass is 606 g/mol. The van der Waals surface area contributed by atoms with Gasteiger partial charge >= 0.3 is 0 Å². The minimum Gasteiger partial charge on any atom is -0.0622 e. The maximum absolute atomic E-state index is 3.86. The lowest BCUT2D eigenvalue weighted by Gasteiger charge is -2.34. The van der Waals surface area contributed by atoms with Crippen molar-refractivity contribution in [2.45, 2.75) is 31.6 Å². The first-order valence-corrected chi connectivity index (χ1v) is 14.2. The molecule has 0 aliphatic heterocycles. The predicted molar refractivity (Wildman–Crippen MR) is 163 cm³/mol. The third kappa shape index (κ3) is 3.93. The van der Waals surface area contributed by atoms with Crippen molar-refractivity contribution in [3.63, 3.8) is 0 Å². The molecule has 5 aromatic carbocycles. The van der Waals surface area contributed by atoms with Crippen molar-refractivity contribution in [3.05, 3.63) is 152 Å². The van der Waals surface area contributed by atoms with Crippen molar-refractivity contribution in [1.82, 2.24) is 0 Å². The molecule has 0 radical (unpaired) electrons. The third-order valence-corrected chi connectivity index (χ3v) is 8.84. The molecule has 0 N–H and O–H groups in total. The van der Waals surface area contributed by atoms with E-state index in [0.717, 1.165) is 8.95 Å². The number of hydrogen-bond acceptors (Lipinski definition) is 0. The summed E-state index contributed by atoms with van der Waals surface area (Å²) in [5.41, 5.74) is 11.2. The molecule has 0 aromatic heterocycles. The van der Waals surface area contributed by atoms with E-state index in [1.807, 2.05) is 0 Å². The van der Waals surface area contributed by atoms with Gasteiger partial charge in [0.1, 0.15) is 0 Å². The molecular formula is C35H28Br2. The number of halogens is 2. The number of fused-ring (bicyclic) bond motifs is 3. The van der Waals surface area contributed by atoms with Crippen molar-refractivity contribution < 1.29 is 0 Å². The van der Waals surface area contributed by atoms with Gasteiger partial charge in [-0.1, -0.05) is 138 Å². The van der Waals surface area contributed by atoms with E-state index in [-0.39, 0.29) is 5.41 Å². The van der Waals surface area contributed by atoms with Crippen LogP contribution in [-0.2, 0) is 10.8 Å². The Kier molecular flexibility index (Phi) is 6.01. The van der Waals surface area contributed by atoms with Crippen LogP contribution in [0, 0.1) is 0 Å². The van der Waals surface area contributed by atoms with Gasteiger partial charge in [0.05, 0.1) is 5.41 Å². The molecule has 2 heteroatoms. The molecule has 0 saturated heterocycles.